The van der Waals surface area contributed by atoms with Crippen LogP contribution in [0.15, 0.2) is 212 Å². The molecule has 0 bridgehead atoms. The Balaban J connectivity index is 1.11. The first-order valence-corrected chi connectivity index (χ1v) is 22.2. The van der Waals surface area contributed by atoms with Crippen molar-refractivity contribution in [3.05, 3.63) is 216 Å². The summed E-state index contributed by atoms with van der Waals surface area (Å²) in [5.41, 5.74) is 20.1. The molecule has 14 aromatic rings. The van der Waals surface area contributed by atoms with Gasteiger partial charge in [-0.05, 0) is 116 Å². The summed E-state index contributed by atoms with van der Waals surface area (Å²) in [5, 5.41) is 8.69. The molecule has 0 unspecified atom stereocenters. The summed E-state index contributed by atoms with van der Waals surface area (Å²) in [6.45, 7) is 0. The lowest BCUT2D eigenvalue weighted by Crippen LogP contribution is -2.26. The zero-order chi connectivity index (χ0) is 42.1. The summed E-state index contributed by atoms with van der Waals surface area (Å²) in [4.78, 5) is 0. The van der Waals surface area contributed by atoms with Gasteiger partial charge in [0.05, 0.1) is 5.41 Å². The van der Waals surface area contributed by atoms with Crippen LogP contribution >= 0.6 is 0 Å². The average molecular weight is 829 g/mol. The Morgan fingerprint density at radius 1 is 0.262 bits per heavy atom. The Morgan fingerprint density at radius 3 is 1.09 bits per heavy atom. The molecule has 0 saturated heterocycles. The first kappa shape index (κ1) is 34.0. The minimum atomic E-state index is -0.722. The van der Waals surface area contributed by atoms with Crippen molar-refractivity contribution >= 4 is 87.8 Å². The largest absolute Gasteiger partial charge is 0.456 e. The number of rotatable bonds is 2. The van der Waals surface area contributed by atoms with Gasteiger partial charge in [-0.2, -0.15) is 0 Å². The molecule has 0 saturated carbocycles. The van der Waals surface area contributed by atoms with Gasteiger partial charge in [-0.15, -0.1) is 0 Å². The molecule has 2 aliphatic carbocycles. The number of benzene rings is 10. The van der Waals surface area contributed by atoms with Crippen LogP contribution in [0.5, 0.6) is 0 Å². The van der Waals surface area contributed by atoms with E-state index < -0.39 is 5.41 Å². The van der Waals surface area contributed by atoms with E-state index in [4.69, 9.17) is 17.7 Å². The molecule has 0 fully saturated rings. The summed E-state index contributed by atoms with van der Waals surface area (Å²) < 4.78 is 27.3. The van der Waals surface area contributed by atoms with E-state index in [1.165, 1.54) is 33.4 Å². The minimum Gasteiger partial charge on any atom is -0.456 e. The topological polar surface area (TPSA) is 52.6 Å². The highest BCUT2D eigenvalue weighted by Crippen LogP contribution is 2.67. The van der Waals surface area contributed by atoms with Gasteiger partial charge in [-0.25, -0.2) is 0 Å². The van der Waals surface area contributed by atoms with Crippen LogP contribution in [0, 0.1) is 0 Å². The molecule has 300 valence electrons. The molecule has 10 aromatic carbocycles. The second-order valence-corrected chi connectivity index (χ2v) is 17.8. The van der Waals surface area contributed by atoms with Crippen LogP contribution < -0.4 is 0 Å². The summed E-state index contributed by atoms with van der Waals surface area (Å²) in [5.74, 6) is 0. The molecular formula is C61H32O4. The molecule has 0 amide bonds. The van der Waals surface area contributed by atoms with Gasteiger partial charge in [-0.1, -0.05) is 133 Å². The molecule has 0 atom stereocenters. The number of furan rings is 4. The second kappa shape index (κ2) is 11.9. The zero-order valence-electron chi connectivity index (χ0n) is 34.6. The summed E-state index contributed by atoms with van der Waals surface area (Å²) in [6, 6.07) is 69.8. The third kappa shape index (κ3) is 4.14. The van der Waals surface area contributed by atoms with E-state index in [9.17, 15) is 0 Å². The van der Waals surface area contributed by atoms with Gasteiger partial charge in [0.1, 0.15) is 44.7 Å². The van der Waals surface area contributed by atoms with E-state index in [-0.39, 0.29) is 0 Å². The first-order chi connectivity index (χ1) is 32.2. The highest BCUT2D eigenvalue weighted by Gasteiger charge is 2.54. The number of fused-ring (bicyclic) bond motifs is 24. The smallest absolute Gasteiger partial charge is 0.144 e. The predicted molar refractivity (Wildman–Crippen MR) is 263 cm³/mol. The minimum absolute atomic E-state index is 0.722. The van der Waals surface area contributed by atoms with Crippen LogP contribution in [-0.4, -0.2) is 0 Å². The molecule has 0 N–H and O–H groups in total. The number of hydrogen-bond donors (Lipinski definition) is 0. The van der Waals surface area contributed by atoms with Crippen molar-refractivity contribution < 1.29 is 17.7 Å². The van der Waals surface area contributed by atoms with Crippen molar-refractivity contribution in [1.29, 1.82) is 0 Å². The molecule has 2 aliphatic rings. The van der Waals surface area contributed by atoms with Crippen LogP contribution in [0.25, 0.3) is 132 Å². The second-order valence-electron chi connectivity index (χ2n) is 17.8. The molecule has 4 heterocycles. The molecule has 65 heavy (non-hydrogen) atoms. The molecular weight excluding hydrogens is 797 g/mol. The predicted octanol–water partition coefficient (Wildman–Crippen LogP) is 17.0. The number of hydrogen-bond acceptors (Lipinski definition) is 4. The fraction of sp³-hybridized carbons (Fsp3) is 0.0164. The summed E-state index contributed by atoms with van der Waals surface area (Å²) in [7, 11) is 0. The quantitative estimate of drug-likeness (QED) is 0.174. The maximum Gasteiger partial charge on any atom is 0.144 e. The van der Waals surface area contributed by atoms with Crippen molar-refractivity contribution in [3.8, 4) is 44.5 Å². The van der Waals surface area contributed by atoms with Gasteiger partial charge in [0.25, 0.3) is 0 Å². The molecule has 4 aromatic heterocycles. The molecule has 0 radical (unpaired) electrons. The van der Waals surface area contributed by atoms with Gasteiger partial charge in [-0.3, -0.25) is 0 Å². The fourth-order valence-corrected chi connectivity index (χ4v) is 12.1. The lowest BCUT2D eigenvalue weighted by molar-refractivity contribution is 0.665. The Labute approximate surface area is 370 Å². The first-order valence-electron chi connectivity index (χ1n) is 22.2. The third-order valence-corrected chi connectivity index (χ3v) is 14.7. The van der Waals surface area contributed by atoms with E-state index in [0.717, 1.165) is 121 Å². The molecule has 4 heteroatoms. The van der Waals surface area contributed by atoms with Crippen LogP contribution in [0.2, 0.25) is 0 Å². The van der Waals surface area contributed by atoms with Crippen LogP contribution in [0.3, 0.4) is 0 Å². The number of para-hydroxylation sites is 4. The Bertz CT molecular complexity index is 4150. The van der Waals surface area contributed by atoms with Gasteiger partial charge in [0.15, 0.2) is 0 Å². The van der Waals surface area contributed by atoms with Gasteiger partial charge in [0, 0.05) is 54.2 Å². The SMILES string of the molecule is c1ccc2c(c1)-c1ccccc1C21c2cc(-c3ccc4oc5ccccc5c4c3)c3c(oc4ccccc43)c2-c2c1cc(-c1ccc3oc4ccccc4c3c1)c1c2oc2ccccc21. The lowest BCUT2D eigenvalue weighted by Gasteiger charge is -2.31. The summed E-state index contributed by atoms with van der Waals surface area (Å²) in [6.07, 6.45) is 0. The Kier molecular flexibility index (Phi) is 6.21. The van der Waals surface area contributed by atoms with Crippen molar-refractivity contribution in [3.63, 3.8) is 0 Å². The van der Waals surface area contributed by atoms with Crippen LogP contribution in [-0.2, 0) is 5.41 Å². The standard InChI is InChI=1S/C61H32O4/c1-7-19-45-35(13-1)36-14-2-8-20-46(36)61(45)47-31-41(33-25-27-53-43(29-33)37-15-3-9-21-49(37)62-53)55-39-17-5-11-23-51(39)64-59(55)57(47)58-48(61)32-42(56-40-18-6-12-24-52(40)65-60(56)58)34-26-28-54-44(30-34)38-16-4-10-22-50(38)63-54/h1-32H. The fourth-order valence-electron chi connectivity index (χ4n) is 12.1. The normalized spacial score (nSPS) is 13.7. The maximum atomic E-state index is 7.28. The highest BCUT2D eigenvalue weighted by atomic mass is 16.3. The average Bonchev–Trinajstić information content (AvgIpc) is 4.21. The van der Waals surface area contributed by atoms with E-state index in [1.807, 2.05) is 24.3 Å². The zero-order valence-corrected chi connectivity index (χ0v) is 34.6. The van der Waals surface area contributed by atoms with E-state index >= 15 is 0 Å². The third-order valence-electron chi connectivity index (χ3n) is 14.7. The molecule has 1 spiro atoms. The van der Waals surface area contributed by atoms with Crippen LogP contribution in [0.1, 0.15) is 22.3 Å². The van der Waals surface area contributed by atoms with Gasteiger partial charge in [0.2, 0.25) is 0 Å². The molecule has 4 nitrogen and oxygen atoms in total. The van der Waals surface area contributed by atoms with E-state index in [1.54, 1.807) is 0 Å². The van der Waals surface area contributed by atoms with Crippen molar-refractivity contribution in [2.45, 2.75) is 5.41 Å². The van der Waals surface area contributed by atoms with Crippen molar-refractivity contribution in [2.24, 2.45) is 0 Å². The van der Waals surface area contributed by atoms with E-state index in [2.05, 4.69) is 170 Å². The van der Waals surface area contributed by atoms with Gasteiger partial charge >= 0.3 is 0 Å². The lowest BCUT2D eigenvalue weighted by atomic mass is 9.69. The highest BCUT2D eigenvalue weighted by molar-refractivity contribution is 6.25. The monoisotopic (exact) mass is 828 g/mol. The Morgan fingerprint density at radius 2 is 0.631 bits per heavy atom. The summed E-state index contributed by atoms with van der Waals surface area (Å²) >= 11 is 0. The maximum absolute atomic E-state index is 7.28. The van der Waals surface area contributed by atoms with Crippen LogP contribution in [0.4, 0.5) is 0 Å². The van der Waals surface area contributed by atoms with Crippen molar-refractivity contribution in [1.82, 2.24) is 0 Å². The van der Waals surface area contributed by atoms with Gasteiger partial charge < -0.3 is 17.7 Å². The molecule has 0 aliphatic heterocycles. The Hall–Kier alpha value is -8.60. The molecule has 16 rings (SSSR count). The van der Waals surface area contributed by atoms with E-state index in [0.29, 0.717) is 0 Å². The van der Waals surface area contributed by atoms with Crippen molar-refractivity contribution in [2.75, 3.05) is 0 Å².